The van der Waals surface area contributed by atoms with Crippen LogP contribution in [0.3, 0.4) is 0 Å². The number of hydrogen-bond donors (Lipinski definition) is 1. The number of carbonyl (C=O) groups excluding carboxylic acids is 1. The zero-order chi connectivity index (χ0) is 16.1. The van der Waals surface area contributed by atoms with E-state index in [2.05, 4.69) is 9.97 Å². The number of aromatic nitrogens is 2. The van der Waals surface area contributed by atoms with Gasteiger partial charge in [0, 0.05) is 12.3 Å². The maximum atomic E-state index is 12.0. The molecule has 0 atom stereocenters. The largest absolute Gasteiger partial charge is 0.497 e. The first-order chi connectivity index (χ1) is 10.6. The smallest absolute Gasteiger partial charge is 0.345 e. The molecule has 22 heavy (non-hydrogen) atoms. The topological polar surface area (TPSA) is 90.5 Å². The summed E-state index contributed by atoms with van der Waals surface area (Å²) in [6.07, 6.45) is 1.19. The number of benzene rings is 1. The summed E-state index contributed by atoms with van der Waals surface area (Å²) in [4.78, 5) is 30.2. The van der Waals surface area contributed by atoms with Gasteiger partial charge in [-0.3, -0.25) is 4.79 Å². The second-order valence-corrected chi connectivity index (χ2v) is 4.26. The van der Waals surface area contributed by atoms with Gasteiger partial charge in [-0.15, -0.1) is 0 Å². The summed E-state index contributed by atoms with van der Waals surface area (Å²) in [5.74, 6) is 0.694. The highest BCUT2D eigenvalue weighted by Gasteiger charge is 2.15. The van der Waals surface area contributed by atoms with Crippen molar-refractivity contribution >= 4 is 5.97 Å². The van der Waals surface area contributed by atoms with Crippen molar-refractivity contribution in [2.45, 2.75) is 6.92 Å². The molecule has 116 valence electrons. The lowest BCUT2D eigenvalue weighted by molar-refractivity contribution is 0.0524. The van der Waals surface area contributed by atoms with E-state index < -0.39 is 11.5 Å². The van der Waals surface area contributed by atoms with Gasteiger partial charge in [0.15, 0.2) is 0 Å². The van der Waals surface area contributed by atoms with E-state index in [9.17, 15) is 9.59 Å². The van der Waals surface area contributed by atoms with Gasteiger partial charge >= 0.3 is 5.97 Å². The third-order valence-electron chi connectivity index (χ3n) is 2.96. The number of esters is 1. The molecule has 0 bridgehead atoms. The molecule has 2 aromatic rings. The molecule has 0 saturated carbocycles. The number of nitrogens with one attached hydrogen (secondary N) is 1. The minimum absolute atomic E-state index is 0.141. The molecule has 1 N–H and O–H groups in total. The van der Waals surface area contributed by atoms with E-state index in [1.54, 1.807) is 32.2 Å². The van der Waals surface area contributed by atoms with Crippen LogP contribution >= 0.6 is 0 Å². The van der Waals surface area contributed by atoms with Crippen LogP contribution in [0.25, 0.3) is 11.4 Å². The van der Waals surface area contributed by atoms with E-state index in [0.29, 0.717) is 17.1 Å². The molecule has 1 aromatic carbocycles. The Hall–Kier alpha value is -2.83. The number of hydrogen-bond acceptors (Lipinski definition) is 6. The maximum absolute atomic E-state index is 12.0. The van der Waals surface area contributed by atoms with Crippen molar-refractivity contribution in [1.29, 1.82) is 0 Å². The highest BCUT2D eigenvalue weighted by Crippen LogP contribution is 2.30. The van der Waals surface area contributed by atoms with Gasteiger partial charge in [-0.1, -0.05) is 0 Å². The van der Waals surface area contributed by atoms with E-state index in [1.165, 1.54) is 13.3 Å². The van der Waals surface area contributed by atoms with E-state index in [4.69, 9.17) is 14.2 Å². The number of methoxy groups -OCH3 is 2. The molecule has 0 fully saturated rings. The van der Waals surface area contributed by atoms with Crippen LogP contribution in [0.4, 0.5) is 0 Å². The quantitative estimate of drug-likeness (QED) is 0.844. The molecule has 0 spiro atoms. The summed E-state index contributed by atoms with van der Waals surface area (Å²) in [5.41, 5.74) is -0.129. The van der Waals surface area contributed by atoms with Gasteiger partial charge in [0.2, 0.25) is 0 Å². The van der Waals surface area contributed by atoms with Crippen molar-refractivity contribution in [1.82, 2.24) is 9.97 Å². The number of nitrogens with zero attached hydrogens (tertiary/aromatic N) is 1. The lowest BCUT2D eigenvalue weighted by Crippen LogP contribution is -2.21. The Morgan fingerprint density at radius 2 is 2.05 bits per heavy atom. The van der Waals surface area contributed by atoms with Crippen LogP contribution in [-0.2, 0) is 4.74 Å². The van der Waals surface area contributed by atoms with Crippen molar-refractivity contribution < 1.29 is 19.0 Å². The lowest BCUT2D eigenvalue weighted by Gasteiger charge is -2.10. The second-order valence-electron chi connectivity index (χ2n) is 4.26. The molecular weight excluding hydrogens is 288 g/mol. The fourth-order valence-corrected chi connectivity index (χ4v) is 1.88. The molecule has 0 saturated heterocycles. The fourth-order valence-electron chi connectivity index (χ4n) is 1.88. The molecule has 1 heterocycles. The van der Waals surface area contributed by atoms with E-state index in [-0.39, 0.29) is 18.0 Å². The standard InChI is InChI=1S/C15H16N2O5/c1-4-22-15(19)11-8-16-13(17-14(11)18)10-6-5-9(20-2)7-12(10)21-3/h5-8H,4H2,1-3H3,(H,16,17,18). The van der Waals surface area contributed by atoms with Crippen LogP contribution in [0.1, 0.15) is 17.3 Å². The molecule has 7 nitrogen and oxygen atoms in total. The molecule has 2 rings (SSSR count). The average Bonchev–Trinajstić information content (AvgIpc) is 2.54. The summed E-state index contributed by atoms with van der Waals surface area (Å²) in [6.45, 7) is 1.85. The van der Waals surface area contributed by atoms with E-state index in [0.717, 1.165) is 0 Å². The first-order valence-corrected chi connectivity index (χ1v) is 6.59. The Morgan fingerprint density at radius 3 is 2.64 bits per heavy atom. The monoisotopic (exact) mass is 304 g/mol. The average molecular weight is 304 g/mol. The van der Waals surface area contributed by atoms with Crippen LogP contribution in [0, 0.1) is 0 Å². The second kappa shape index (κ2) is 6.75. The Balaban J connectivity index is 2.44. The molecule has 0 radical (unpaired) electrons. The zero-order valence-corrected chi connectivity index (χ0v) is 12.5. The Morgan fingerprint density at radius 1 is 1.27 bits per heavy atom. The summed E-state index contributed by atoms with van der Waals surface area (Å²) < 4.78 is 15.2. The Labute approximate surface area is 126 Å². The first kappa shape index (κ1) is 15.6. The van der Waals surface area contributed by atoms with Crippen molar-refractivity contribution in [2.24, 2.45) is 0 Å². The predicted molar refractivity (Wildman–Crippen MR) is 79.4 cm³/mol. The Bertz CT molecular complexity index is 739. The summed E-state index contributed by atoms with van der Waals surface area (Å²) in [5, 5.41) is 0. The molecule has 0 aliphatic rings. The third-order valence-corrected chi connectivity index (χ3v) is 2.96. The number of ether oxygens (including phenoxy) is 3. The Kier molecular flexibility index (Phi) is 4.77. The van der Waals surface area contributed by atoms with Gasteiger partial charge in [-0.05, 0) is 19.1 Å². The fraction of sp³-hybridized carbons (Fsp3) is 0.267. The van der Waals surface area contributed by atoms with Crippen LogP contribution < -0.4 is 15.0 Å². The molecule has 1 aromatic heterocycles. The molecule has 0 aliphatic heterocycles. The number of rotatable bonds is 5. The minimum atomic E-state index is -0.704. The van der Waals surface area contributed by atoms with Gasteiger partial charge in [0.05, 0.1) is 26.4 Å². The number of aromatic amines is 1. The number of carbonyl (C=O) groups is 1. The zero-order valence-electron chi connectivity index (χ0n) is 12.5. The highest BCUT2D eigenvalue weighted by molar-refractivity contribution is 5.88. The van der Waals surface area contributed by atoms with Gasteiger partial charge in [0.1, 0.15) is 22.9 Å². The van der Waals surface area contributed by atoms with Crippen LogP contribution in [0.2, 0.25) is 0 Å². The van der Waals surface area contributed by atoms with Gasteiger partial charge in [0.25, 0.3) is 5.56 Å². The minimum Gasteiger partial charge on any atom is -0.497 e. The van der Waals surface area contributed by atoms with Crippen molar-refractivity contribution in [3.8, 4) is 22.9 Å². The van der Waals surface area contributed by atoms with Crippen molar-refractivity contribution in [3.63, 3.8) is 0 Å². The van der Waals surface area contributed by atoms with Crippen LogP contribution in [0.5, 0.6) is 11.5 Å². The van der Waals surface area contributed by atoms with Crippen molar-refractivity contribution in [3.05, 3.63) is 40.3 Å². The van der Waals surface area contributed by atoms with E-state index in [1.807, 2.05) is 0 Å². The lowest BCUT2D eigenvalue weighted by atomic mass is 10.1. The molecule has 0 aliphatic carbocycles. The molecular formula is C15H16N2O5. The van der Waals surface area contributed by atoms with E-state index >= 15 is 0 Å². The van der Waals surface area contributed by atoms with Gasteiger partial charge in [-0.2, -0.15) is 0 Å². The van der Waals surface area contributed by atoms with Crippen LogP contribution in [-0.4, -0.2) is 36.8 Å². The molecule has 7 heteroatoms. The first-order valence-electron chi connectivity index (χ1n) is 6.59. The van der Waals surface area contributed by atoms with Gasteiger partial charge in [-0.25, -0.2) is 9.78 Å². The SMILES string of the molecule is CCOC(=O)c1cnc(-c2ccc(OC)cc2OC)[nH]c1=O. The predicted octanol–water partition coefficient (Wildman–Crippen LogP) is 1.63. The summed E-state index contributed by atoms with van der Waals surface area (Å²) >= 11 is 0. The number of H-pyrrole nitrogens is 1. The molecule has 0 unspecified atom stereocenters. The summed E-state index contributed by atoms with van der Waals surface area (Å²) in [7, 11) is 3.05. The van der Waals surface area contributed by atoms with Gasteiger partial charge < -0.3 is 19.2 Å². The highest BCUT2D eigenvalue weighted by atomic mass is 16.5. The van der Waals surface area contributed by atoms with Crippen LogP contribution in [0.15, 0.2) is 29.2 Å². The third kappa shape index (κ3) is 3.08. The molecule has 0 amide bonds. The van der Waals surface area contributed by atoms with Crippen molar-refractivity contribution in [2.75, 3.05) is 20.8 Å². The maximum Gasteiger partial charge on any atom is 0.345 e. The summed E-state index contributed by atoms with van der Waals surface area (Å²) in [6, 6.07) is 5.10. The normalized spacial score (nSPS) is 10.1.